The molecule has 0 aliphatic carbocycles. The monoisotopic (exact) mass is 685 g/mol. The van der Waals surface area contributed by atoms with Gasteiger partial charge in [0.25, 0.3) is 0 Å². The summed E-state index contributed by atoms with van der Waals surface area (Å²) in [5.41, 5.74) is 9.52. The number of carbonyl (C=O) groups excluding carboxylic acids is 2. The first-order valence-corrected chi connectivity index (χ1v) is 24.7. The minimum Gasteiger partial charge on any atom is -0.461 e. The van der Waals surface area contributed by atoms with E-state index in [2.05, 4.69) is 44.3 Å². The average Bonchev–Trinajstić information content (AvgIpc) is 3.28. The fourth-order valence-electron chi connectivity index (χ4n) is 4.86. The van der Waals surface area contributed by atoms with Crippen LogP contribution in [-0.4, -0.2) is 58.8 Å². The predicted molar refractivity (Wildman–Crippen MR) is 188 cm³/mol. The summed E-state index contributed by atoms with van der Waals surface area (Å²) in [5, 5.41) is 1.01. The van der Waals surface area contributed by atoms with Crippen molar-refractivity contribution in [1.82, 2.24) is 4.98 Å². The number of benzene rings is 1. The highest BCUT2D eigenvalue weighted by Crippen LogP contribution is 2.50. The molecule has 2 N–H and O–H groups in total. The number of phosphoric ester groups is 1. The van der Waals surface area contributed by atoms with Gasteiger partial charge in [-0.25, -0.2) is 9.55 Å². The highest BCUT2D eigenvalue weighted by molar-refractivity contribution is 7.48. The number of hydrogen-bond donors (Lipinski definition) is 1. The fraction of sp³-hybridized carbons (Fsp3) is 0.485. The van der Waals surface area contributed by atoms with Crippen molar-refractivity contribution in [3.63, 3.8) is 0 Å². The van der Waals surface area contributed by atoms with E-state index in [-0.39, 0.29) is 44.5 Å². The van der Waals surface area contributed by atoms with Gasteiger partial charge in [0, 0.05) is 40.6 Å². The molecule has 1 aromatic carbocycles. The number of amides is 1. The first-order chi connectivity index (χ1) is 21.5. The summed E-state index contributed by atoms with van der Waals surface area (Å²) in [6.45, 7) is 15.4. The van der Waals surface area contributed by atoms with Gasteiger partial charge in [-0.1, -0.05) is 57.5 Å². The summed E-state index contributed by atoms with van der Waals surface area (Å²) in [6, 6.07) is 10.5. The molecule has 0 spiro atoms. The third-order valence-corrected chi connectivity index (χ3v) is 12.7. The SMILES string of the molecule is Cc1c(CC(N)C(=O)/C=C/c2cnc3c(c2)CCC(=O)N3COP(=O)(OCC[Si](C)(C)C)OCC[Si](C)(C)C)oc2ccccc12. The third-order valence-electron chi connectivity index (χ3n) is 7.83. The molecule has 1 amide bonds. The van der Waals surface area contributed by atoms with Gasteiger partial charge in [0.15, 0.2) is 5.78 Å². The Hall–Kier alpha value is -2.71. The lowest BCUT2D eigenvalue weighted by atomic mass is 10.0. The second-order valence-corrected chi connectivity index (χ2v) is 27.2. The molecule has 4 rings (SSSR count). The minimum absolute atomic E-state index is 0.193. The van der Waals surface area contributed by atoms with Crippen LogP contribution in [0.3, 0.4) is 0 Å². The van der Waals surface area contributed by atoms with Gasteiger partial charge in [0.2, 0.25) is 5.91 Å². The Balaban J connectivity index is 1.41. The number of ketones is 1. The fourth-order valence-corrected chi connectivity index (χ4v) is 7.74. The molecule has 0 bridgehead atoms. The van der Waals surface area contributed by atoms with Gasteiger partial charge < -0.3 is 10.2 Å². The standard InChI is InChI=1S/C33H48N3O7PSi2/c1-24-27-10-8-9-11-30(27)43-31(24)21-28(34)29(37)14-12-25-20-26-13-15-32(38)36(33(26)35-22-25)23-42-44(39,40-16-18-45(2,3)4)41-17-19-46(5,6)7/h8-12,14,20,22,28H,13,15-19,21,23,34H2,1-7H3/b14-12+. The summed E-state index contributed by atoms with van der Waals surface area (Å²) < 4.78 is 36.8. The maximum absolute atomic E-state index is 13.6. The number of fused-ring (bicyclic) bond motifs is 2. The molecule has 3 aromatic rings. The predicted octanol–water partition coefficient (Wildman–Crippen LogP) is 7.36. The number of anilines is 1. The second-order valence-electron chi connectivity index (χ2n) is 14.3. The molecule has 1 unspecified atom stereocenters. The zero-order valence-corrected chi connectivity index (χ0v) is 31.0. The lowest BCUT2D eigenvalue weighted by Gasteiger charge is -2.29. The second kappa shape index (κ2) is 15.0. The van der Waals surface area contributed by atoms with Gasteiger partial charge in [0.1, 0.15) is 23.9 Å². The van der Waals surface area contributed by atoms with E-state index in [0.29, 0.717) is 23.6 Å². The van der Waals surface area contributed by atoms with Gasteiger partial charge in [0.05, 0.1) is 19.3 Å². The lowest BCUT2D eigenvalue weighted by Crippen LogP contribution is -2.37. The third kappa shape index (κ3) is 10.1. The number of para-hydroxylation sites is 1. The van der Waals surface area contributed by atoms with Crippen LogP contribution in [0.4, 0.5) is 5.82 Å². The molecule has 13 heteroatoms. The van der Waals surface area contributed by atoms with Gasteiger partial charge in [-0.15, -0.1) is 0 Å². The topological polar surface area (TPSA) is 134 Å². The van der Waals surface area contributed by atoms with E-state index in [1.54, 1.807) is 12.3 Å². The van der Waals surface area contributed by atoms with Crippen molar-refractivity contribution >= 4 is 58.5 Å². The van der Waals surface area contributed by atoms with Crippen LogP contribution in [0.25, 0.3) is 17.0 Å². The molecule has 1 atom stereocenters. The lowest BCUT2D eigenvalue weighted by molar-refractivity contribution is -0.119. The Bertz CT molecular complexity index is 1600. The number of pyridine rings is 1. The summed E-state index contributed by atoms with van der Waals surface area (Å²) in [7, 11) is -6.81. The first kappa shape index (κ1) is 36.1. The quantitative estimate of drug-likeness (QED) is 0.0932. The number of hydrogen-bond acceptors (Lipinski definition) is 9. The van der Waals surface area contributed by atoms with E-state index >= 15 is 0 Å². The van der Waals surface area contributed by atoms with Crippen molar-refractivity contribution in [3.05, 3.63) is 65.1 Å². The first-order valence-electron chi connectivity index (χ1n) is 15.8. The zero-order valence-electron chi connectivity index (χ0n) is 28.1. The van der Waals surface area contributed by atoms with E-state index in [9.17, 15) is 14.2 Å². The van der Waals surface area contributed by atoms with Crippen LogP contribution in [0.5, 0.6) is 0 Å². The summed E-state index contributed by atoms with van der Waals surface area (Å²) in [5.74, 6) is 0.695. The number of aryl methyl sites for hydroxylation is 2. The van der Waals surface area contributed by atoms with Crippen LogP contribution in [0.15, 0.2) is 47.0 Å². The molecule has 1 aliphatic rings. The highest BCUT2D eigenvalue weighted by Gasteiger charge is 2.33. The molecule has 3 heterocycles. The van der Waals surface area contributed by atoms with Crippen molar-refractivity contribution in [2.75, 3.05) is 24.8 Å². The van der Waals surface area contributed by atoms with Crippen LogP contribution >= 0.6 is 7.82 Å². The molecule has 0 saturated heterocycles. The molecule has 0 fully saturated rings. The number of nitrogens with two attached hydrogens (primary N) is 1. The molecular formula is C33H48N3O7PSi2. The number of nitrogens with zero attached hydrogens (tertiary/aromatic N) is 2. The summed E-state index contributed by atoms with van der Waals surface area (Å²) in [4.78, 5) is 31.7. The molecular weight excluding hydrogens is 638 g/mol. The number of furan rings is 1. The number of carbonyl (C=O) groups is 2. The van der Waals surface area contributed by atoms with Crippen molar-refractivity contribution < 1.29 is 32.1 Å². The van der Waals surface area contributed by atoms with Crippen LogP contribution in [-0.2, 0) is 40.6 Å². The van der Waals surface area contributed by atoms with Gasteiger partial charge >= 0.3 is 7.82 Å². The normalized spacial score (nSPS) is 15.1. The Morgan fingerprint density at radius 1 is 1.07 bits per heavy atom. The molecule has 0 saturated carbocycles. The van der Waals surface area contributed by atoms with Gasteiger partial charge in [-0.2, -0.15) is 0 Å². The van der Waals surface area contributed by atoms with E-state index in [1.165, 1.54) is 11.0 Å². The number of rotatable bonds is 16. The zero-order chi connectivity index (χ0) is 33.7. The van der Waals surface area contributed by atoms with Crippen molar-refractivity contribution in [2.24, 2.45) is 5.73 Å². The van der Waals surface area contributed by atoms with Gasteiger partial charge in [-0.05, 0) is 66.4 Å². The summed E-state index contributed by atoms with van der Waals surface area (Å²) in [6.07, 6.45) is 5.71. The molecule has 1 aliphatic heterocycles. The van der Waals surface area contributed by atoms with Crippen molar-refractivity contribution in [2.45, 2.75) is 83.6 Å². The maximum Gasteiger partial charge on any atom is 0.476 e. The van der Waals surface area contributed by atoms with Crippen molar-refractivity contribution in [1.29, 1.82) is 0 Å². The number of phosphoric acid groups is 1. The Labute approximate surface area is 274 Å². The average molecular weight is 686 g/mol. The van der Waals surface area contributed by atoms with Crippen LogP contribution in [0.2, 0.25) is 51.4 Å². The maximum atomic E-state index is 13.6. The molecule has 10 nitrogen and oxygen atoms in total. The van der Waals surface area contributed by atoms with Gasteiger partial charge in [-0.3, -0.25) is 28.1 Å². The Morgan fingerprint density at radius 3 is 2.35 bits per heavy atom. The number of aromatic nitrogens is 1. The molecule has 2 aromatic heterocycles. The Kier molecular flexibility index (Phi) is 11.8. The van der Waals surface area contributed by atoms with E-state index < -0.39 is 30.0 Å². The van der Waals surface area contributed by atoms with Crippen LogP contribution in [0.1, 0.15) is 28.9 Å². The largest absolute Gasteiger partial charge is 0.476 e. The molecule has 0 radical (unpaired) electrons. The summed E-state index contributed by atoms with van der Waals surface area (Å²) >= 11 is 0. The van der Waals surface area contributed by atoms with E-state index in [1.807, 2.05) is 37.3 Å². The van der Waals surface area contributed by atoms with Crippen LogP contribution < -0.4 is 10.6 Å². The minimum atomic E-state index is -3.92. The highest BCUT2D eigenvalue weighted by atomic mass is 31.2. The molecule has 250 valence electrons. The van der Waals surface area contributed by atoms with E-state index in [0.717, 1.165) is 34.2 Å². The Morgan fingerprint density at radius 2 is 1.72 bits per heavy atom. The van der Waals surface area contributed by atoms with E-state index in [4.69, 9.17) is 23.7 Å². The van der Waals surface area contributed by atoms with Crippen LogP contribution in [0, 0.1) is 6.92 Å². The smallest absolute Gasteiger partial charge is 0.461 e. The molecule has 46 heavy (non-hydrogen) atoms. The van der Waals surface area contributed by atoms with Crippen molar-refractivity contribution in [3.8, 4) is 0 Å².